The molecule has 1 aliphatic heterocycles. The maximum atomic E-state index is 11.0. The zero-order valence-corrected chi connectivity index (χ0v) is 17.5. The molecule has 1 fully saturated rings. The van der Waals surface area contributed by atoms with Gasteiger partial charge in [0.05, 0.1) is 8.88 Å². The summed E-state index contributed by atoms with van der Waals surface area (Å²) in [5, 5.41) is 2.37. The molecule has 0 spiro atoms. The Bertz CT molecular complexity index is 833. The Morgan fingerprint density at radius 3 is 1.78 bits per heavy atom. The van der Waals surface area contributed by atoms with E-state index in [2.05, 4.69) is 31.2 Å². The molecule has 0 N–H and O–H groups in total. The van der Waals surface area contributed by atoms with Gasteiger partial charge in [0.15, 0.2) is 0 Å². The average molecular weight is 416 g/mol. The Morgan fingerprint density at radius 2 is 1.35 bits per heavy atom. The molecule has 120 valence electrons. The molecular formula is C15H14O2P2S4. The van der Waals surface area contributed by atoms with Gasteiger partial charge in [-0.1, -0.05) is 75.4 Å². The number of hydrogen-bond donors (Lipinski definition) is 0. The van der Waals surface area contributed by atoms with Crippen LogP contribution in [0.1, 0.15) is 12.5 Å². The average Bonchev–Trinajstić information content (AvgIpc) is 2.46. The third-order valence-electron chi connectivity index (χ3n) is 3.19. The molecule has 0 saturated carbocycles. The number of ether oxygens (including phenoxy) is 1. The van der Waals surface area contributed by atoms with Crippen molar-refractivity contribution in [1.29, 1.82) is 0 Å². The van der Waals surface area contributed by atoms with E-state index >= 15 is 0 Å². The van der Waals surface area contributed by atoms with E-state index in [4.69, 9.17) is 28.4 Å². The molecule has 1 aliphatic rings. The van der Waals surface area contributed by atoms with Crippen molar-refractivity contribution in [3.8, 4) is 5.75 Å². The quantitative estimate of drug-likeness (QED) is 0.398. The smallest absolute Gasteiger partial charge is 0.308 e. The minimum atomic E-state index is -1.73. The number of carbonyl (C=O) groups is 1. The monoisotopic (exact) mass is 416 g/mol. The molecule has 1 heterocycles. The lowest BCUT2D eigenvalue weighted by Gasteiger charge is -2.40. The van der Waals surface area contributed by atoms with Gasteiger partial charge in [-0.2, -0.15) is 0 Å². The van der Waals surface area contributed by atoms with E-state index in [1.807, 2.05) is 34.1 Å². The lowest BCUT2D eigenvalue weighted by atomic mass is 10.2. The van der Waals surface area contributed by atoms with Crippen LogP contribution in [0.5, 0.6) is 5.75 Å². The fourth-order valence-electron chi connectivity index (χ4n) is 2.07. The third kappa shape index (κ3) is 3.78. The molecule has 0 bridgehead atoms. The van der Waals surface area contributed by atoms with Crippen LogP contribution in [0, 0.1) is 6.92 Å². The first kappa shape index (κ1) is 17.7. The molecule has 1 saturated heterocycles. The van der Waals surface area contributed by atoms with Crippen LogP contribution in [0.3, 0.4) is 0 Å². The first-order valence-electron chi connectivity index (χ1n) is 6.80. The Kier molecular flexibility index (Phi) is 5.14. The number of rotatable bonds is 3. The largest absolute Gasteiger partial charge is 0.427 e. The summed E-state index contributed by atoms with van der Waals surface area (Å²) in [6.07, 6.45) is 0. The summed E-state index contributed by atoms with van der Waals surface area (Å²) in [6.45, 7) is 3.47. The predicted molar refractivity (Wildman–Crippen MR) is 112 cm³/mol. The fraction of sp³-hybridized carbons (Fsp3) is 0.133. The third-order valence-corrected chi connectivity index (χ3v) is 34.4. The van der Waals surface area contributed by atoms with Crippen molar-refractivity contribution in [2.75, 3.05) is 0 Å². The van der Waals surface area contributed by atoms with Crippen LogP contribution in [0.15, 0.2) is 48.5 Å². The normalized spacial score (nSPS) is 26.3. The summed E-state index contributed by atoms with van der Waals surface area (Å²) in [7, 11) is 0. The standard InChI is InChI=1S/C15H14O2P2S4/c1-11-3-7-14(8-4-11)18(20)22-19(21,23-18)15-9-5-13(6-10-15)17-12(2)16/h3-10H,1-2H3. The molecule has 0 radical (unpaired) electrons. The molecule has 2 aromatic rings. The van der Waals surface area contributed by atoms with E-state index in [0.29, 0.717) is 5.75 Å². The van der Waals surface area contributed by atoms with Gasteiger partial charge >= 0.3 is 5.97 Å². The van der Waals surface area contributed by atoms with Crippen molar-refractivity contribution < 1.29 is 9.53 Å². The summed E-state index contributed by atoms with van der Waals surface area (Å²) in [6, 6.07) is 16.0. The predicted octanol–water partition coefficient (Wildman–Crippen LogP) is 4.97. The van der Waals surface area contributed by atoms with Gasteiger partial charge < -0.3 is 4.74 Å². The molecule has 0 aromatic heterocycles. The summed E-state index contributed by atoms with van der Waals surface area (Å²) < 4.78 is 1.68. The second-order valence-corrected chi connectivity index (χ2v) is 26.4. The van der Waals surface area contributed by atoms with Gasteiger partial charge in [-0.3, -0.25) is 4.79 Å². The van der Waals surface area contributed by atoms with Crippen molar-refractivity contribution in [3.63, 3.8) is 0 Å². The van der Waals surface area contributed by atoms with Crippen LogP contribution < -0.4 is 15.3 Å². The van der Waals surface area contributed by atoms with Crippen LogP contribution in [0.25, 0.3) is 0 Å². The highest BCUT2D eigenvalue weighted by Crippen LogP contribution is 3.04. The second kappa shape index (κ2) is 6.67. The van der Waals surface area contributed by atoms with E-state index in [9.17, 15) is 4.79 Å². The van der Waals surface area contributed by atoms with Gasteiger partial charge in [0, 0.05) is 17.5 Å². The zero-order valence-electron chi connectivity index (χ0n) is 12.5. The number of hydrogen-bond acceptors (Lipinski definition) is 6. The first-order valence-corrected chi connectivity index (χ1v) is 16.5. The summed E-state index contributed by atoms with van der Waals surface area (Å²) in [5.74, 6) is 0.235. The van der Waals surface area contributed by atoms with Gasteiger partial charge in [-0.05, 0) is 31.2 Å². The minimum Gasteiger partial charge on any atom is -0.427 e. The van der Waals surface area contributed by atoms with E-state index in [1.54, 1.807) is 12.1 Å². The zero-order chi connectivity index (χ0) is 16.7. The van der Waals surface area contributed by atoms with Gasteiger partial charge in [-0.15, -0.1) is 0 Å². The molecule has 0 atom stereocenters. The number of benzene rings is 2. The maximum absolute atomic E-state index is 11.0. The van der Waals surface area contributed by atoms with E-state index < -0.39 is 8.88 Å². The summed E-state index contributed by atoms with van der Waals surface area (Å²) in [5.41, 5.74) is 1.24. The van der Waals surface area contributed by atoms with Crippen LogP contribution in [0.2, 0.25) is 0 Å². The molecule has 2 aromatic carbocycles. The van der Waals surface area contributed by atoms with Crippen molar-refractivity contribution in [2.45, 2.75) is 13.8 Å². The second-order valence-electron chi connectivity index (χ2n) is 5.08. The topological polar surface area (TPSA) is 26.3 Å². The van der Waals surface area contributed by atoms with E-state index in [0.717, 1.165) is 5.30 Å². The first-order chi connectivity index (χ1) is 10.8. The fourth-order valence-corrected chi connectivity index (χ4v) is 44.3. The molecule has 0 aliphatic carbocycles. The van der Waals surface area contributed by atoms with Crippen molar-refractivity contribution in [2.24, 2.45) is 0 Å². The Morgan fingerprint density at radius 1 is 0.913 bits per heavy atom. The minimum absolute atomic E-state index is 0.317. The van der Waals surface area contributed by atoms with Crippen LogP contribution in [-0.4, -0.2) is 5.97 Å². The number of aryl methyl sites for hydroxylation is 1. The molecule has 8 heteroatoms. The van der Waals surface area contributed by atoms with Crippen LogP contribution in [-0.2, 0) is 28.4 Å². The Hall–Kier alpha value is -0.0900. The van der Waals surface area contributed by atoms with Gasteiger partial charge in [0.1, 0.15) is 5.75 Å². The summed E-state index contributed by atoms with van der Waals surface area (Å²) >= 11 is 15.4. The Balaban J connectivity index is 1.78. The molecule has 0 unspecified atom stereocenters. The molecule has 23 heavy (non-hydrogen) atoms. The maximum Gasteiger partial charge on any atom is 0.308 e. The van der Waals surface area contributed by atoms with Crippen molar-refractivity contribution in [3.05, 3.63) is 54.1 Å². The lowest BCUT2D eigenvalue weighted by Crippen LogP contribution is -2.09. The van der Waals surface area contributed by atoms with Gasteiger partial charge in [0.2, 0.25) is 0 Å². The van der Waals surface area contributed by atoms with Gasteiger partial charge in [0.25, 0.3) is 0 Å². The van der Waals surface area contributed by atoms with Gasteiger partial charge in [-0.25, -0.2) is 0 Å². The van der Waals surface area contributed by atoms with Crippen LogP contribution >= 0.6 is 30.9 Å². The van der Waals surface area contributed by atoms with Crippen LogP contribution in [0.4, 0.5) is 0 Å². The molecule has 0 amide bonds. The van der Waals surface area contributed by atoms with Crippen molar-refractivity contribution in [1.82, 2.24) is 0 Å². The SMILES string of the molecule is CC(=O)Oc1ccc(P2(=S)SP(=S)(c3ccc(C)cc3)S2)cc1. The number of esters is 1. The van der Waals surface area contributed by atoms with E-state index in [1.165, 1.54) is 17.8 Å². The molecule has 3 rings (SSSR count). The highest BCUT2D eigenvalue weighted by Gasteiger charge is 2.45. The summed E-state index contributed by atoms with van der Waals surface area (Å²) in [4.78, 5) is 11.0. The lowest BCUT2D eigenvalue weighted by molar-refractivity contribution is -0.131. The number of carbonyl (C=O) groups excluding carboxylic acids is 1. The van der Waals surface area contributed by atoms with E-state index in [-0.39, 0.29) is 5.97 Å². The highest BCUT2D eigenvalue weighted by molar-refractivity contribution is 9.48. The highest BCUT2D eigenvalue weighted by atomic mass is 33.7. The Labute approximate surface area is 153 Å². The van der Waals surface area contributed by atoms with Crippen molar-refractivity contribution >= 4 is 71.1 Å². The molecule has 2 nitrogen and oxygen atoms in total. The molecular weight excluding hydrogens is 402 g/mol.